The minimum Gasteiger partial charge on any atom is -0.492 e. The summed E-state index contributed by atoms with van der Waals surface area (Å²) < 4.78 is 9.76. The Morgan fingerprint density at radius 1 is 1.71 bits per heavy atom. The molecule has 0 aliphatic carbocycles. The second-order valence-electron chi connectivity index (χ2n) is 2.34. The third kappa shape index (κ3) is 2.03. The fourth-order valence-corrected chi connectivity index (χ4v) is 1.74. The maximum absolute atomic E-state index is 11.2. The highest BCUT2D eigenvalue weighted by atomic mass is 32.1. The molecule has 4 nitrogen and oxygen atoms in total. The number of nitriles is 1. The zero-order valence-corrected chi connectivity index (χ0v) is 8.68. The van der Waals surface area contributed by atoms with E-state index < -0.39 is 5.97 Å². The van der Waals surface area contributed by atoms with Crippen LogP contribution in [0.15, 0.2) is 6.07 Å². The Kier molecular flexibility index (Phi) is 3.48. The smallest absolute Gasteiger partial charge is 0.351 e. The van der Waals surface area contributed by atoms with Gasteiger partial charge in [0.1, 0.15) is 16.7 Å². The van der Waals surface area contributed by atoms with Crippen molar-refractivity contribution in [1.29, 1.82) is 5.26 Å². The molecule has 0 aromatic carbocycles. The van der Waals surface area contributed by atoms with E-state index in [1.165, 1.54) is 7.11 Å². The molecule has 0 bridgehead atoms. The van der Waals surface area contributed by atoms with E-state index in [1.807, 2.05) is 13.0 Å². The van der Waals surface area contributed by atoms with Crippen LogP contribution in [0.5, 0.6) is 5.75 Å². The summed E-state index contributed by atoms with van der Waals surface area (Å²) in [4.78, 5) is 12.0. The highest BCUT2D eigenvalue weighted by Gasteiger charge is 2.17. The second-order valence-corrected chi connectivity index (χ2v) is 3.39. The molecular weight excluding hydrogens is 202 g/mol. The number of esters is 1. The van der Waals surface area contributed by atoms with Gasteiger partial charge in [-0.25, -0.2) is 4.79 Å². The Balaban J connectivity index is 3.06. The molecule has 0 aliphatic rings. The van der Waals surface area contributed by atoms with Crippen LogP contribution in [0.4, 0.5) is 0 Å². The van der Waals surface area contributed by atoms with Crippen molar-refractivity contribution >= 4 is 17.3 Å². The molecule has 14 heavy (non-hydrogen) atoms. The second kappa shape index (κ2) is 4.63. The number of hydrogen-bond acceptors (Lipinski definition) is 5. The molecule has 0 saturated carbocycles. The van der Waals surface area contributed by atoms with Crippen molar-refractivity contribution in [1.82, 2.24) is 0 Å². The van der Waals surface area contributed by atoms with Gasteiger partial charge < -0.3 is 9.47 Å². The first-order chi connectivity index (χ1) is 6.72. The number of nitrogens with zero attached hydrogens (tertiary/aromatic N) is 1. The average Bonchev–Trinajstić information content (AvgIpc) is 2.61. The lowest BCUT2D eigenvalue weighted by Crippen LogP contribution is -2.01. The fourth-order valence-electron chi connectivity index (χ4n) is 0.927. The van der Waals surface area contributed by atoms with Crippen LogP contribution < -0.4 is 4.74 Å². The highest BCUT2D eigenvalue weighted by Crippen LogP contribution is 2.29. The third-order valence-corrected chi connectivity index (χ3v) is 2.48. The Morgan fingerprint density at radius 2 is 2.43 bits per heavy atom. The van der Waals surface area contributed by atoms with Crippen molar-refractivity contribution in [3.63, 3.8) is 0 Å². The van der Waals surface area contributed by atoms with Gasteiger partial charge in [-0.15, -0.1) is 11.3 Å². The predicted octanol–water partition coefficient (Wildman–Crippen LogP) is 1.81. The molecule has 0 amide bonds. The van der Waals surface area contributed by atoms with Gasteiger partial charge in [0.2, 0.25) is 0 Å². The van der Waals surface area contributed by atoms with E-state index in [4.69, 9.17) is 10.00 Å². The molecule has 0 fully saturated rings. The quantitative estimate of drug-likeness (QED) is 0.715. The van der Waals surface area contributed by atoms with Crippen LogP contribution in [0.1, 0.15) is 21.5 Å². The van der Waals surface area contributed by atoms with Gasteiger partial charge in [-0.2, -0.15) is 5.26 Å². The molecule has 0 spiro atoms. The minimum absolute atomic E-state index is 0.339. The van der Waals surface area contributed by atoms with Crippen LogP contribution >= 0.6 is 11.3 Å². The monoisotopic (exact) mass is 211 g/mol. The van der Waals surface area contributed by atoms with E-state index in [-0.39, 0.29) is 0 Å². The number of ether oxygens (including phenoxy) is 2. The van der Waals surface area contributed by atoms with Crippen molar-refractivity contribution in [2.75, 3.05) is 13.7 Å². The number of hydrogen-bond donors (Lipinski definition) is 0. The third-order valence-electron chi connectivity index (χ3n) is 1.48. The minimum atomic E-state index is -0.472. The van der Waals surface area contributed by atoms with Crippen LogP contribution in [0.25, 0.3) is 0 Å². The molecule has 0 radical (unpaired) electrons. The van der Waals surface area contributed by atoms with Crippen molar-refractivity contribution < 1.29 is 14.3 Å². The summed E-state index contributed by atoms with van der Waals surface area (Å²) in [6.07, 6.45) is 0. The fraction of sp³-hybridized carbons (Fsp3) is 0.333. The number of rotatable bonds is 3. The lowest BCUT2D eigenvalue weighted by atomic mass is 10.4. The summed E-state index contributed by atoms with van der Waals surface area (Å²) in [7, 11) is 1.30. The Hall–Kier alpha value is -1.54. The topological polar surface area (TPSA) is 59.3 Å². The van der Waals surface area contributed by atoms with Gasteiger partial charge in [0.25, 0.3) is 0 Å². The van der Waals surface area contributed by atoms with Crippen LogP contribution in [0.2, 0.25) is 0 Å². The molecule has 74 valence electrons. The molecule has 0 aliphatic heterocycles. The number of methoxy groups -OCH3 is 1. The largest absolute Gasteiger partial charge is 0.492 e. The number of carbonyl (C=O) groups is 1. The van der Waals surface area contributed by atoms with Crippen LogP contribution in [-0.4, -0.2) is 19.7 Å². The molecule has 0 saturated heterocycles. The van der Waals surface area contributed by atoms with Crippen molar-refractivity contribution in [3.05, 3.63) is 15.8 Å². The highest BCUT2D eigenvalue weighted by molar-refractivity contribution is 7.14. The maximum atomic E-state index is 11.2. The van der Waals surface area contributed by atoms with Crippen LogP contribution in [0.3, 0.4) is 0 Å². The lowest BCUT2D eigenvalue weighted by molar-refractivity contribution is 0.0602. The van der Waals surface area contributed by atoms with Gasteiger partial charge in [0.15, 0.2) is 4.88 Å². The summed E-state index contributed by atoms with van der Waals surface area (Å²) in [5, 5.41) is 8.65. The Labute approximate surface area is 85.7 Å². The molecule has 1 rings (SSSR count). The van der Waals surface area contributed by atoms with Crippen molar-refractivity contribution in [2.45, 2.75) is 6.92 Å². The summed E-state index contributed by atoms with van der Waals surface area (Å²) in [6.45, 7) is 2.26. The summed E-state index contributed by atoms with van der Waals surface area (Å²) in [5.74, 6) is -0.0548. The van der Waals surface area contributed by atoms with Crippen LogP contribution in [-0.2, 0) is 4.74 Å². The zero-order valence-electron chi connectivity index (χ0n) is 7.86. The lowest BCUT2D eigenvalue weighted by Gasteiger charge is -2.01. The molecule has 0 unspecified atom stereocenters. The maximum Gasteiger partial charge on any atom is 0.351 e. The van der Waals surface area contributed by atoms with Gasteiger partial charge in [-0.3, -0.25) is 0 Å². The first kappa shape index (κ1) is 10.5. The van der Waals surface area contributed by atoms with Gasteiger partial charge in [0.05, 0.1) is 13.7 Å². The van der Waals surface area contributed by atoms with Gasteiger partial charge >= 0.3 is 5.97 Å². The van der Waals surface area contributed by atoms with E-state index in [9.17, 15) is 4.79 Å². The SMILES string of the molecule is CCOc1cc(C#N)sc1C(=O)OC. The number of carbonyl (C=O) groups excluding carboxylic acids is 1. The molecule has 0 N–H and O–H groups in total. The van der Waals surface area contributed by atoms with Gasteiger partial charge in [-0.1, -0.05) is 0 Å². The van der Waals surface area contributed by atoms with E-state index >= 15 is 0 Å². The Morgan fingerprint density at radius 3 is 2.93 bits per heavy atom. The standard InChI is InChI=1S/C9H9NO3S/c1-3-13-7-4-6(5-10)14-8(7)9(11)12-2/h4H,3H2,1-2H3. The number of thiophene rings is 1. The molecule has 1 aromatic heterocycles. The summed E-state index contributed by atoms with van der Waals surface area (Å²) >= 11 is 1.07. The normalized spacial score (nSPS) is 9.21. The molecular formula is C9H9NO3S. The van der Waals surface area contributed by atoms with E-state index in [0.717, 1.165) is 11.3 Å². The van der Waals surface area contributed by atoms with Crippen molar-refractivity contribution in [3.8, 4) is 11.8 Å². The first-order valence-corrected chi connectivity index (χ1v) is 4.79. The average molecular weight is 211 g/mol. The first-order valence-electron chi connectivity index (χ1n) is 3.98. The molecule has 1 aromatic rings. The predicted molar refractivity (Wildman–Crippen MR) is 51.5 cm³/mol. The molecule has 5 heteroatoms. The van der Waals surface area contributed by atoms with Gasteiger partial charge in [-0.05, 0) is 6.92 Å². The van der Waals surface area contributed by atoms with E-state index in [1.54, 1.807) is 6.07 Å². The zero-order chi connectivity index (χ0) is 10.6. The molecule has 0 atom stereocenters. The van der Waals surface area contributed by atoms with Gasteiger partial charge in [0, 0.05) is 6.07 Å². The Bertz CT molecular complexity index is 378. The summed E-state index contributed by atoms with van der Waals surface area (Å²) in [6, 6.07) is 3.50. The van der Waals surface area contributed by atoms with Crippen molar-refractivity contribution in [2.24, 2.45) is 0 Å². The van der Waals surface area contributed by atoms with E-state index in [2.05, 4.69) is 4.74 Å². The summed E-state index contributed by atoms with van der Waals surface area (Å²) in [5.41, 5.74) is 0. The van der Waals surface area contributed by atoms with Crippen LogP contribution in [0, 0.1) is 11.3 Å². The van der Waals surface area contributed by atoms with E-state index in [0.29, 0.717) is 22.1 Å². The molecule has 1 heterocycles.